The van der Waals surface area contributed by atoms with E-state index in [2.05, 4.69) is 22.1 Å². The minimum absolute atomic E-state index is 0.243. The fourth-order valence-corrected chi connectivity index (χ4v) is 4.19. The predicted octanol–water partition coefficient (Wildman–Crippen LogP) is 4.09. The molecule has 6 nitrogen and oxygen atoms in total. The average molecular weight is 383 g/mol. The van der Waals surface area contributed by atoms with Gasteiger partial charge in [0.1, 0.15) is 11.2 Å². The molecule has 3 heterocycles. The third-order valence-corrected chi connectivity index (χ3v) is 5.57. The number of nitrogens with zero attached hydrogens (tertiary/aromatic N) is 2. The fourth-order valence-electron chi connectivity index (χ4n) is 4.19. The molecule has 2 aromatic rings. The first-order valence-corrected chi connectivity index (χ1v) is 10.0. The maximum Gasteiger partial charge on any atom is 0.410 e. The molecule has 1 N–H and O–H groups in total. The molecule has 2 aliphatic rings. The molecule has 1 aliphatic heterocycles. The van der Waals surface area contributed by atoms with Gasteiger partial charge >= 0.3 is 6.09 Å². The lowest BCUT2D eigenvalue weighted by Gasteiger charge is -2.30. The molecule has 0 fully saturated rings. The first-order chi connectivity index (χ1) is 13.4. The molecule has 28 heavy (non-hydrogen) atoms. The maximum atomic E-state index is 12.3. The van der Waals surface area contributed by atoms with Crippen LogP contribution < -0.4 is 0 Å². The molecule has 150 valence electrons. The summed E-state index contributed by atoms with van der Waals surface area (Å²) >= 11 is 0. The molecular formula is C22H29N3O3. The summed E-state index contributed by atoms with van der Waals surface area (Å²) in [5.41, 5.74) is 5.63. The zero-order chi connectivity index (χ0) is 19.9. The van der Waals surface area contributed by atoms with Crippen LogP contribution in [0.3, 0.4) is 0 Å². The van der Waals surface area contributed by atoms with Gasteiger partial charge in [-0.05, 0) is 62.8 Å². The molecule has 0 radical (unpaired) electrons. The van der Waals surface area contributed by atoms with Crippen molar-refractivity contribution in [3.63, 3.8) is 0 Å². The van der Waals surface area contributed by atoms with E-state index in [1.807, 2.05) is 27.0 Å². The summed E-state index contributed by atoms with van der Waals surface area (Å²) in [5, 5.41) is 1.24. The second-order valence-corrected chi connectivity index (χ2v) is 8.67. The number of ether oxygens (including phenoxy) is 2. The lowest BCUT2D eigenvalue weighted by atomic mass is 9.90. The van der Waals surface area contributed by atoms with Crippen molar-refractivity contribution < 1.29 is 14.3 Å². The van der Waals surface area contributed by atoms with Crippen molar-refractivity contribution >= 4 is 22.7 Å². The number of hydrogen-bond acceptors (Lipinski definition) is 4. The Morgan fingerprint density at radius 2 is 2.14 bits per heavy atom. The topological polar surface area (TPSA) is 67.5 Å². The molecule has 0 bridgehead atoms. The molecular weight excluding hydrogens is 354 g/mol. The molecule has 1 unspecified atom stereocenters. The molecule has 0 saturated heterocycles. The third-order valence-electron chi connectivity index (χ3n) is 5.57. The zero-order valence-corrected chi connectivity index (χ0v) is 17.2. The Morgan fingerprint density at radius 1 is 1.32 bits per heavy atom. The monoisotopic (exact) mass is 383 g/mol. The van der Waals surface area contributed by atoms with Gasteiger partial charge in [-0.15, -0.1) is 0 Å². The summed E-state index contributed by atoms with van der Waals surface area (Å²) in [4.78, 5) is 22.2. The van der Waals surface area contributed by atoms with E-state index in [0.717, 1.165) is 31.3 Å². The van der Waals surface area contributed by atoms with Crippen LogP contribution >= 0.6 is 0 Å². The number of carbonyl (C=O) groups is 1. The highest BCUT2D eigenvalue weighted by molar-refractivity contribution is 5.94. The number of hydrogen-bond donors (Lipinski definition) is 1. The van der Waals surface area contributed by atoms with Gasteiger partial charge in [-0.25, -0.2) is 9.78 Å². The second-order valence-electron chi connectivity index (χ2n) is 8.67. The standard InChI is InChI=1S/C22H29N3O3/c1-22(2,3)28-21(26)25-11-8-14(9-12-25)16-7-10-23-20-19(16)17-6-5-15(27-4)13-18(17)24-20/h7-8,10,15H,5-6,9,11-13H2,1-4H3,(H,23,24). The molecule has 6 heteroatoms. The lowest BCUT2D eigenvalue weighted by molar-refractivity contribution is 0.0270. The second kappa shape index (κ2) is 7.24. The minimum atomic E-state index is -0.470. The van der Waals surface area contributed by atoms with E-state index in [1.54, 1.807) is 12.0 Å². The van der Waals surface area contributed by atoms with E-state index in [1.165, 1.54) is 27.8 Å². The number of fused-ring (bicyclic) bond motifs is 3. The number of aryl methyl sites for hydroxylation is 1. The van der Waals surface area contributed by atoms with Crippen LogP contribution in [0.25, 0.3) is 16.6 Å². The van der Waals surface area contributed by atoms with Gasteiger partial charge in [0.25, 0.3) is 0 Å². The van der Waals surface area contributed by atoms with Crippen LogP contribution in [0.1, 0.15) is 50.4 Å². The summed E-state index contributed by atoms with van der Waals surface area (Å²) in [5.74, 6) is 0. The summed E-state index contributed by atoms with van der Waals surface area (Å²) in [6, 6.07) is 2.10. The van der Waals surface area contributed by atoms with Crippen molar-refractivity contribution in [2.75, 3.05) is 20.2 Å². The number of pyridine rings is 1. The maximum absolute atomic E-state index is 12.3. The van der Waals surface area contributed by atoms with Gasteiger partial charge < -0.3 is 19.4 Å². The van der Waals surface area contributed by atoms with Gasteiger partial charge in [0, 0.05) is 43.9 Å². The van der Waals surface area contributed by atoms with Crippen molar-refractivity contribution in [2.24, 2.45) is 0 Å². The molecule has 0 aromatic carbocycles. The lowest BCUT2D eigenvalue weighted by Crippen LogP contribution is -2.39. The Bertz CT molecular complexity index is 923. The quantitative estimate of drug-likeness (QED) is 0.848. The van der Waals surface area contributed by atoms with E-state index >= 15 is 0 Å². The van der Waals surface area contributed by atoms with Gasteiger partial charge in [-0.3, -0.25) is 0 Å². The normalized spacial score (nSPS) is 20.1. The SMILES string of the molecule is COC1CCc2c([nH]c3nccc(C4=CCN(C(=O)OC(C)(C)C)CC4)c23)C1. The Labute approximate surface area is 165 Å². The molecule has 0 spiro atoms. The Kier molecular flexibility index (Phi) is 4.91. The van der Waals surface area contributed by atoms with E-state index in [-0.39, 0.29) is 12.2 Å². The van der Waals surface area contributed by atoms with Crippen LogP contribution in [0.4, 0.5) is 4.79 Å². The van der Waals surface area contributed by atoms with E-state index < -0.39 is 5.60 Å². The highest BCUT2D eigenvalue weighted by Crippen LogP contribution is 2.35. The summed E-state index contributed by atoms with van der Waals surface area (Å²) in [7, 11) is 1.78. The molecule has 1 amide bonds. The number of rotatable bonds is 2. The average Bonchev–Trinajstić information content (AvgIpc) is 3.04. The van der Waals surface area contributed by atoms with Gasteiger partial charge in [0.05, 0.1) is 6.10 Å². The number of H-pyrrole nitrogens is 1. The van der Waals surface area contributed by atoms with Crippen molar-refractivity contribution in [2.45, 2.75) is 58.2 Å². The van der Waals surface area contributed by atoms with Crippen LogP contribution in [-0.4, -0.2) is 52.9 Å². The van der Waals surface area contributed by atoms with Gasteiger partial charge in [0.15, 0.2) is 0 Å². The van der Waals surface area contributed by atoms with Crippen LogP contribution in [-0.2, 0) is 22.3 Å². The molecule has 1 atom stereocenters. The number of methoxy groups -OCH3 is 1. The largest absolute Gasteiger partial charge is 0.444 e. The summed E-state index contributed by atoms with van der Waals surface area (Å²) in [6.07, 6.45) is 7.83. The van der Waals surface area contributed by atoms with Gasteiger partial charge in [0.2, 0.25) is 0 Å². The first-order valence-electron chi connectivity index (χ1n) is 10.0. The van der Waals surface area contributed by atoms with Gasteiger partial charge in [-0.1, -0.05) is 6.08 Å². The van der Waals surface area contributed by atoms with Crippen LogP contribution in [0.15, 0.2) is 18.3 Å². The summed E-state index contributed by atoms with van der Waals surface area (Å²) in [6.45, 7) is 6.93. The van der Waals surface area contributed by atoms with Crippen molar-refractivity contribution in [3.8, 4) is 0 Å². The van der Waals surface area contributed by atoms with E-state index in [0.29, 0.717) is 13.1 Å². The number of carbonyl (C=O) groups excluding carboxylic acids is 1. The van der Waals surface area contributed by atoms with E-state index in [4.69, 9.17) is 9.47 Å². The van der Waals surface area contributed by atoms with Crippen molar-refractivity contribution in [3.05, 3.63) is 35.2 Å². The highest BCUT2D eigenvalue weighted by atomic mass is 16.6. The summed E-state index contributed by atoms with van der Waals surface area (Å²) < 4.78 is 11.1. The van der Waals surface area contributed by atoms with Crippen LogP contribution in [0.2, 0.25) is 0 Å². The van der Waals surface area contributed by atoms with Crippen LogP contribution in [0, 0.1) is 0 Å². The molecule has 0 saturated carbocycles. The third kappa shape index (κ3) is 3.65. The number of aromatic nitrogens is 2. The Balaban J connectivity index is 1.60. The number of amides is 1. The Hall–Kier alpha value is -2.34. The molecule has 4 rings (SSSR count). The number of aromatic amines is 1. The Morgan fingerprint density at radius 3 is 2.82 bits per heavy atom. The van der Waals surface area contributed by atoms with E-state index in [9.17, 15) is 4.79 Å². The van der Waals surface area contributed by atoms with Crippen LogP contribution in [0.5, 0.6) is 0 Å². The predicted molar refractivity (Wildman–Crippen MR) is 109 cm³/mol. The minimum Gasteiger partial charge on any atom is -0.444 e. The van der Waals surface area contributed by atoms with Crippen molar-refractivity contribution in [1.82, 2.24) is 14.9 Å². The number of nitrogens with one attached hydrogen (secondary N) is 1. The zero-order valence-electron chi connectivity index (χ0n) is 17.2. The first kappa shape index (κ1) is 19.0. The van der Waals surface area contributed by atoms with Crippen molar-refractivity contribution in [1.29, 1.82) is 0 Å². The molecule has 2 aromatic heterocycles. The highest BCUT2D eigenvalue weighted by Gasteiger charge is 2.27. The van der Waals surface area contributed by atoms with Gasteiger partial charge in [-0.2, -0.15) is 0 Å². The smallest absolute Gasteiger partial charge is 0.410 e. The molecule has 1 aliphatic carbocycles. The fraction of sp³-hybridized carbons (Fsp3) is 0.545.